The van der Waals surface area contributed by atoms with Gasteiger partial charge in [-0.1, -0.05) is 6.07 Å². The summed E-state index contributed by atoms with van der Waals surface area (Å²) in [6.45, 7) is 0.350. The maximum Gasteiger partial charge on any atom is 0.310 e. The third-order valence-electron chi connectivity index (χ3n) is 2.56. The van der Waals surface area contributed by atoms with Crippen LogP contribution < -0.4 is 10.1 Å². The summed E-state index contributed by atoms with van der Waals surface area (Å²) >= 11 is 0. The number of hydrogen-bond donors (Lipinski definition) is 1. The van der Waals surface area contributed by atoms with Crippen molar-refractivity contribution in [3.8, 4) is 5.75 Å². The van der Waals surface area contributed by atoms with Crippen molar-refractivity contribution in [1.82, 2.24) is 5.32 Å². The minimum atomic E-state index is -0.610. The van der Waals surface area contributed by atoms with Gasteiger partial charge in [0, 0.05) is 13.7 Å². The van der Waals surface area contributed by atoms with Gasteiger partial charge in [-0.05, 0) is 17.7 Å². The summed E-state index contributed by atoms with van der Waals surface area (Å²) in [7, 11) is 2.87. The first-order chi connectivity index (χ1) is 10.1. The number of carbonyl (C=O) groups is 2. The highest BCUT2D eigenvalue weighted by Gasteiger charge is 2.10. The first-order valence-corrected chi connectivity index (χ1v) is 6.30. The highest BCUT2D eigenvalue weighted by molar-refractivity contribution is 5.81. The molecule has 21 heavy (non-hydrogen) atoms. The van der Waals surface area contributed by atoms with Gasteiger partial charge in [-0.25, -0.2) is 4.39 Å². The predicted octanol–water partition coefficient (Wildman–Crippen LogP) is 0.683. The summed E-state index contributed by atoms with van der Waals surface area (Å²) in [5.41, 5.74) is 0.443. The molecule has 1 rings (SSSR count). The van der Waals surface area contributed by atoms with Crippen molar-refractivity contribution < 1.29 is 28.2 Å². The van der Waals surface area contributed by atoms with Gasteiger partial charge in [0.25, 0.3) is 5.91 Å². The molecule has 0 saturated heterocycles. The number of benzene rings is 1. The Bertz CT molecular complexity index is 492. The second-order valence-corrected chi connectivity index (χ2v) is 4.15. The number of hydrogen-bond acceptors (Lipinski definition) is 5. The van der Waals surface area contributed by atoms with E-state index in [0.29, 0.717) is 18.7 Å². The minimum absolute atomic E-state index is 0.102. The van der Waals surface area contributed by atoms with E-state index >= 15 is 0 Å². The molecule has 0 fully saturated rings. The molecule has 0 aliphatic carbocycles. The van der Waals surface area contributed by atoms with Gasteiger partial charge in [-0.2, -0.15) is 0 Å². The fourth-order valence-electron chi connectivity index (χ4n) is 1.53. The van der Waals surface area contributed by atoms with Crippen LogP contribution in [0.5, 0.6) is 5.75 Å². The highest BCUT2D eigenvalue weighted by Crippen LogP contribution is 2.18. The van der Waals surface area contributed by atoms with Crippen LogP contribution in [0.25, 0.3) is 0 Å². The molecule has 7 heteroatoms. The van der Waals surface area contributed by atoms with Crippen molar-refractivity contribution in [3.63, 3.8) is 0 Å². The van der Waals surface area contributed by atoms with Gasteiger partial charge in [-0.3, -0.25) is 9.59 Å². The molecule has 0 spiro atoms. The number of methoxy groups -OCH3 is 2. The summed E-state index contributed by atoms with van der Waals surface area (Å²) in [4.78, 5) is 22.8. The van der Waals surface area contributed by atoms with Crippen LogP contribution >= 0.6 is 0 Å². The van der Waals surface area contributed by atoms with Gasteiger partial charge in [0.1, 0.15) is 0 Å². The first kappa shape index (κ1) is 16.9. The van der Waals surface area contributed by atoms with Crippen LogP contribution in [0.4, 0.5) is 4.39 Å². The molecule has 1 N–H and O–H groups in total. The Kier molecular flexibility index (Phi) is 7.17. The molecule has 0 aliphatic rings. The standard InChI is InChI=1S/C14H18FNO5/c1-19-6-5-16-13(17)9-21-14(18)8-10-3-4-12(20-2)11(15)7-10/h3-4,7H,5-6,8-9H2,1-2H3,(H,16,17). The predicted molar refractivity (Wildman–Crippen MR) is 72.5 cm³/mol. The Balaban J connectivity index is 2.36. The van der Waals surface area contributed by atoms with Crippen molar-refractivity contribution in [2.75, 3.05) is 34.0 Å². The van der Waals surface area contributed by atoms with E-state index in [4.69, 9.17) is 14.2 Å². The normalized spacial score (nSPS) is 10.0. The SMILES string of the molecule is COCCNC(=O)COC(=O)Cc1ccc(OC)c(F)c1. The molecule has 0 saturated carbocycles. The zero-order valence-electron chi connectivity index (χ0n) is 12.0. The van der Waals surface area contributed by atoms with Crippen LogP contribution in [0.1, 0.15) is 5.56 Å². The smallest absolute Gasteiger partial charge is 0.310 e. The van der Waals surface area contributed by atoms with Gasteiger partial charge in [-0.15, -0.1) is 0 Å². The number of amides is 1. The molecule has 1 aromatic carbocycles. The second-order valence-electron chi connectivity index (χ2n) is 4.15. The summed E-state index contributed by atoms with van der Waals surface area (Å²) < 4.78 is 27.8. The Morgan fingerprint density at radius 3 is 2.67 bits per heavy atom. The van der Waals surface area contributed by atoms with Gasteiger partial charge in [0.15, 0.2) is 18.2 Å². The summed E-state index contributed by atoms with van der Waals surface area (Å²) in [6, 6.07) is 4.18. The van der Waals surface area contributed by atoms with Crippen LogP contribution in [0, 0.1) is 5.82 Å². The molecular formula is C14H18FNO5. The molecule has 0 unspecified atom stereocenters. The lowest BCUT2D eigenvalue weighted by Gasteiger charge is -2.07. The van der Waals surface area contributed by atoms with Crippen molar-refractivity contribution in [2.45, 2.75) is 6.42 Å². The van der Waals surface area contributed by atoms with Gasteiger partial charge in [0.05, 0.1) is 20.1 Å². The molecule has 116 valence electrons. The minimum Gasteiger partial charge on any atom is -0.494 e. The molecule has 0 aliphatic heterocycles. The van der Waals surface area contributed by atoms with E-state index in [2.05, 4.69) is 5.32 Å². The third kappa shape index (κ3) is 6.22. The molecule has 0 bridgehead atoms. The number of halogens is 1. The Labute approximate surface area is 122 Å². The molecule has 6 nitrogen and oxygen atoms in total. The van der Waals surface area contributed by atoms with E-state index in [1.54, 1.807) is 6.07 Å². The van der Waals surface area contributed by atoms with E-state index in [0.717, 1.165) is 0 Å². The average Bonchev–Trinajstić information content (AvgIpc) is 2.46. The van der Waals surface area contributed by atoms with E-state index in [1.165, 1.54) is 26.4 Å². The number of rotatable bonds is 8. The summed E-state index contributed by atoms with van der Waals surface area (Å²) in [5.74, 6) is -1.48. The number of carbonyl (C=O) groups excluding carboxylic acids is 2. The van der Waals surface area contributed by atoms with Crippen LogP contribution in [0.3, 0.4) is 0 Å². The van der Waals surface area contributed by atoms with Crippen molar-refractivity contribution >= 4 is 11.9 Å². The highest BCUT2D eigenvalue weighted by atomic mass is 19.1. The Morgan fingerprint density at radius 2 is 2.05 bits per heavy atom. The van der Waals surface area contributed by atoms with Gasteiger partial charge in [0.2, 0.25) is 0 Å². The van der Waals surface area contributed by atoms with E-state index in [9.17, 15) is 14.0 Å². The molecule has 1 aromatic rings. The number of esters is 1. The Morgan fingerprint density at radius 1 is 1.29 bits per heavy atom. The lowest BCUT2D eigenvalue weighted by atomic mass is 10.1. The largest absolute Gasteiger partial charge is 0.494 e. The fourth-order valence-corrected chi connectivity index (χ4v) is 1.53. The molecule has 0 heterocycles. The molecule has 0 radical (unpaired) electrons. The topological polar surface area (TPSA) is 73.9 Å². The summed E-state index contributed by atoms with van der Waals surface area (Å²) in [5, 5.41) is 2.51. The van der Waals surface area contributed by atoms with Crippen molar-refractivity contribution in [1.29, 1.82) is 0 Å². The zero-order valence-corrected chi connectivity index (χ0v) is 12.0. The lowest BCUT2D eigenvalue weighted by molar-refractivity contribution is -0.147. The van der Waals surface area contributed by atoms with Crippen LogP contribution in [0.2, 0.25) is 0 Å². The third-order valence-corrected chi connectivity index (χ3v) is 2.56. The van der Waals surface area contributed by atoms with Crippen molar-refractivity contribution in [3.05, 3.63) is 29.6 Å². The first-order valence-electron chi connectivity index (χ1n) is 6.30. The molecule has 1 amide bonds. The summed E-state index contributed by atoms with van der Waals surface area (Å²) in [6.07, 6.45) is -0.119. The maximum absolute atomic E-state index is 13.4. The fraction of sp³-hybridized carbons (Fsp3) is 0.429. The van der Waals surface area contributed by atoms with Gasteiger partial charge >= 0.3 is 5.97 Å². The van der Waals surface area contributed by atoms with E-state index < -0.39 is 17.7 Å². The molecule has 0 aromatic heterocycles. The lowest BCUT2D eigenvalue weighted by Crippen LogP contribution is -2.31. The molecule has 0 atom stereocenters. The van der Waals surface area contributed by atoms with Crippen LogP contribution in [-0.4, -0.2) is 45.9 Å². The van der Waals surface area contributed by atoms with Crippen molar-refractivity contribution in [2.24, 2.45) is 0 Å². The zero-order chi connectivity index (χ0) is 15.7. The van der Waals surface area contributed by atoms with Crippen LogP contribution in [0.15, 0.2) is 18.2 Å². The van der Waals surface area contributed by atoms with Crippen LogP contribution in [-0.2, 0) is 25.5 Å². The maximum atomic E-state index is 13.4. The number of nitrogens with one attached hydrogen (secondary N) is 1. The molecular weight excluding hydrogens is 281 g/mol. The monoisotopic (exact) mass is 299 g/mol. The average molecular weight is 299 g/mol. The second kappa shape index (κ2) is 8.91. The van der Waals surface area contributed by atoms with E-state index in [1.807, 2.05) is 0 Å². The Hall–Kier alpha value is -2.15. The van der Waals surface area contributed by atoms with Gasteiger partial charge < -0.3 is 19.5 Å². The quantitative estimate of drug-likeness (QED) is 0.564. The number of ether oxygens (including phenoxy) is 3. The van der Waals surface area contributed by atoms with E-state index in [-0.39, 0.29) is 18.8 Å².